The lowest BCUT2D eigenvalue weighted by molar-refractivity contribution is -0.0441. The van der Waals surface area contributed by atoms with E-state index in [4.69, 9.17) is 30.5 Å². The summed E-state index contributed by atoms with van der Waals surface area (Å²) < 4.78 is 21.1. The third-order valence-corrected chi connectivity index (χ3v) is 2.71. The first-order valence-corrected chi connectivity index (χ1v) is 5.28. The van der Waals surface area contributed by atoms with Crippen molar-refractivity contribution < 1.29 is 18.9 Å². The molecule has 1 aromatic rings. The molecule has 0 radical (unpaired) electrons. The van der Waals surface area contributed by atoms with Gasteiger partial charge in [-0.3, -0.25) is 0 Å². The van der Waals surface area contributed by atoms with Gasteiger partial charge in [0.1, 0.15) is 0 Å². The number of halogens is 1. The van der Waals surface area contributed by atoms with Crippen molar-refractivity contribution >= 4 is 11.6 Å². The van der Waals surface area contributed by atoms with Crippen molar-refractivity contribution in [1.82, 2.24) is 0 Å². The number of hydrogen-bond acceptors (Lipinski definition) is 4. The van der Waals surface area contributed by atoms with E-state index in [0.717, 1.165) is 5.56 Å². The number of benzene rings is 1. The predicted molar refractivity (Wildman–Crippen MR) is 59.2 cm³/mol. The Labute approximate surface area is 99.0 Å². The topological polar surface area (TPSA) is 36.9 Å². The second-order valence-electron chi connectivity index (χ2n) is 3.30. The fourth-order valence-electron chi connectivity index (χ4n) is 1.59. The molecule has 5 heteroatoms. The monoisotopic (exact) mass is 244 g/mol. The maximum atomic E-state index is 6.12. The fraction of sp³-hybridized carbons (Fsp3) is 0.455. The van der Waals surface area contributed by atoms with Crippen LogP contribution in [0.3, 0.4) is 0 Å². The summed E-state index contributed by atoms with van der Waals surface area (Å²) in [6, 6.07) is 3.47. The van der Waals surface area contributed by atoms with Crippen molar-refractivity contribution in [2.45, 2.75) is 6.29 Å². The molecule has 0 aromatic heterocycles. The molecule has 1 fully saturated rings. The highest BCUT2D eigenvalue weighted by molar-refractivity contribution is 6.31. The Balaban J connectivity index is 2.37. The van der Waals surface area contributed by atoms with E-state index in [-0.39, 0.29) is 0 Å². The van der Waals surface area contributed by atoms with E-state index < -0.39 is 6.29 Å². The van der Waals surface area contributed by atoms with Gasteiger partial charge in [0, 0.05) is 11.6 Å². The van der Waals surface area contributed by atoms with Crippen LogP contribution in [0.25, 0.3) is 0 Å². The van der Waals surface area contributed by atoms with E-state index in [0.29, 0.717) is 29.7 Å². The van der Waals surface area contributed by atoms with Crippen molar-refractivity contribution in [3.8, 4) is 11.5 Å². The second kappa shape index (κ2) is 4.91. The van der Waals surface area contributed by atoms with Crippen LogP contribution in [0.5, 0.6) is 11.5 Å². The third kappa shape index (κ3) is 2.09. The Bertz CT molecular complexity index is 374. The summed E-state index contributed by atoms with van der Waals surface area (Å²) >= 11 is 6.12. The van der Waals surface area contributed by atoms with E-state index in [1.807, 2.05) is 0 Å². The fourth-order valence-corrected chi connectivity index (χ4v) is 1.83. The molecule has 1 aliphatic heterocycles. The summed E-state index contributed by atoms with van der Waals surface area (Å²) in [7, 11) is 3.14. The normalized spacial score (nSPS) is 16.4. The zero-order chi connectivity index (χ0) is 11.5. The summed E-state index contributed by atoms with van der Waals surface area (Å²) in [6.45, 7) is 1.16. The Morgan fingerprint density at radius 1 is 1.12 bits per heavy atom. The van der Waals surface area contributed by atoms with E-state index >= 15 is 0 Å². The zero-order valence-electron chi connectivity index (χ0n) is 9.16. The van der Waals surface area contributed by atoms with Gasteiger partial charge in [0.15, 0.2) is 17.8 Å². The van der Waals surface area contributed by atoms with E-state index in [2.05, 4.69) is 0 Å². The first-order chi connectivity index (χ1) is 7.76. The van der Waals surface area contributed by atoms with E-state index in [9.17, 15) is 0 Å². The summed E-state index contributed by atoms with van der Waals surface area (Å²) in [6.07, 6.45) is -0.410. The van der Waals surface area contributed by atoms with Gasteiger partial charge >= 0.3 is 0 Å². The van der Waals surface area contributed by atoms with Gasteiger partial charge in [0.25, 0.3) is 0 Å². The second-order valence-corrected chi connectivity index (χ2v) is 3.71. The van der Waals surface area contributed by atoms with Gasteiger partial charge in [-0.05, 0) is 6.07 Å². The number of rotatable bonds is 3. The molecule has 16 heavy (non-hydrogen) atoms. The maximum absolute atomic E-state index is 6.12. The highest BCUT2D eigenvalue weighted by atomic mass is 35.5. The molecule has 4 nitrogen and oxygen atoms in total. The van der Waals surface area contributed by atoms with Crippen LogP contribution >= 0.6 is 11.6 Å². The first kappa shape index (κ1) is 11.5. The van der Waals surface area contributed by atoms with Crippen LogP contribution in [-0.2, 0) is 9.47 Å². The number of methoxy groups -OCH3 is 2. The minimum absolute atomic E-state index is 0.410. The van der Waals surface area contributed by atoms with Crippen molar-refractivity contribution in [2.75, 3.05) is 27.4 Å². The van der Waals surface area contributed by atoms with Crippen LogP contribution in [-0.4, -0.2) is 27.4 Å². The molecule has 88 valence electrons. The molecule has 1 aromatic carbocycles. The minimum atomic E-state index is -0.410. The molecule has 0 atom stereocenters. The van der Waals surface area contributed by atoms with Gasteiger partial charge in [-0.2, -0.15) is 0 Å². The zero-order valence-corrected chi connectivity index (χ0v) is 9.91. The Hall–Kier alpha value is -0.970. The molecule has 0 amide bonds. The first-order valence-electron chi connectivity index (χ1n) is 4.91. The Morgan fingerprint density at radius 2 is 1.69 bits per heavy atom. The summed E-state index contributed by atoms with van der Waals surface area (Å²) in [5.41, 5.74) is 0.761. The van der Waals surface area contributed by atoms with Crippen LogP contribution in [0.4, 0.5) is 0 Å². The van der Waals surface area contributed by atoms with E-state index in [1.165, 1.54) is 0 Å². The van der Waals surface area contributed by atoms with Crippen LogP contribution in [0.2, 0.25) is 5.02 Å². The van der Waals surface area contributed by atoms with Crippen molar-refractivity contribution in [2.24, 2.45) is 0 Å². The van der Waals surface area contributed by atoms with Crippen LogP contribution in [0.15, 0.2) is 12.1 Å². The molecular formula is C11H13ClO4. The number of hydrogen-bond donors (Lipinski definition) is 0. The molecule has 0 unspecified atom stereocenters. The van der Waals surface area contributed by atoms with Gasteiger partial charge in [-0.1, -0.05) is 11.6 Å². The summed E-state index contributed by atoms with van der Waals surface area (Å²) in [5, 5.41) is 0.546. The minimum Gasteiger partial charge on any atom is -0.493 e. The lowest BCUT2D eigenvalue weighted by Gasteiger charge is -2.15. The van der Waals surface area contributed by atoms with Gasteiger partial charge in [0.2, 0.25) is 0 Å². The molecule has 0 bridgehead atoms. The highest BCUT2D eigenvalue weighted by Gasteiger charge is 2.23. The maximum Gasteiger partial charge on any atom is 0.185 e. The van der Waals surface area contributed by atoms with Gasteiger partial charge in [-0.15, -0.1) is 0 Å². The number of ether oxygens (including phenoxy) is 4. The molecule has 1 saturated heterocycles. The average Bonchev–Trinajstić information content (AvgIpc) is 2.82. The molecule has 0 spiro atoms. The van der Waals surface area contributed by atoms with Gasteiger partial charge in [0.05, 0.1) is 32.5 Å². The molecule has 1 aliphatic rings. The standard InChI is InChI=1S/C11H13ClO4/c1-13-9-5-7(11-15-3-4-16-11)8(12)6-10(9)14-2/h5-6,11H,3-4H2,1-2H3. The summed E-state index contributed by atoms with van der Waals surface area (Å²) in [4.78, 5) is 0. The lowest BCUT2D eigenvalue weighted by atomic mass is 10.2. The average molecular weight is 245 g/mol. The molecule has 1 heterocycles. The largest absolute Gasteiger partial charge is 0.493 e. The van der Waals surface area contributed by atoms with Gasteiger partial charge < -0.3 is 18.9 Å². The van der Waals surface area contributed by atoms with Crippen molar-refractivity contribution in [3.05, 3.63) is 22.7 Å². The van der Waals surface area contributed by atoms with Crippen LogP contribution in [0, 0.1) is 0 Å². The quantitative estimate of drug-likeness (QED) is 0.818. The smallest absolute Gasteiger partial charge is 0.185 e. The SMILES string of the molecule is COc1cc(Cl)c(C2OCCO2)cc1OC. The van der Waals surface area contributed by atoms with Gasteiger partial charge in [-0.25, -0.2) is 0 Å². The summed E-state index contributed by atoms with van der Waals surface area (Å²) in [5.74, 6) is 1.20. The van der Waals surface area contributed by atoms with Crippen molar-refractivity contribution in [3.63, 3.8) is 0 Å². The molecule has 0 N–H and O–H groups in total. The third-order valence-electron chi connectivity index (χ3n) is 2.38. The molecular weight excluding hydrogens is 232 g/mol. The van der Waals surface area contributed by atoms with Crippen molar-refractivity contribution in [1.29, 1.82) is 0 Å². The predicted octanol–water partition coefficient (Wildman–Crippen LogP) is 2.40. The molecule has 0 saturated carbocycles. The van der Waals surface area contributed by atoms with Crippen LogP contribution < -0.4 is 9.47 Å². The molecule has 2 rings (SSSR count). The Morgan fingerprint density at radius 3 is 2.25 bits per heavy atom. The lowest BCUT2D eigenvalue weighted by Crippen LogP contribution is -2.01. The Kier molecular flexibility index (Phi) is 3.53. The van der Waals surface area contributed by atoms with E-state index in [1.54, 1.807) is 26.4 Å². The highest BCUT2D eigenvalue weighted by Crippen LogP contribution is 2.38. The van der Waals surface area contributed by atoms with Crippen LogP contribution in [0.1, 0.15) is 11.9 Å². The molecule has 0 aliphatic carbocycles.